The van der Waals surface area contributed by atoms with Crippen molar-refractivity contribution in [3.05, 3.63) is 0 Å². The van der Waals surface area contributed by atoms with Gasteiger partial charge in [-0.1, -0.05) is 20.8 Å². The van der Waals surface area contributed by atoms with Crippen molar-refractivity contribution in [1.29, 1.82) is 0 Å². The SMILES string of the molecule is CC(C)[C@]1(C(=O)O)C[C@@H](O)[C@@H](C)CO1. The normalized spacial score (nSPS) is 38.6. The number of aliphatic hydroxyl groups is 1. The van der Waals surface area contributed by atoms with Gasteiger partial charge < -0.3 is 14.9 Å². The third kappa shape index (κ3) is 1.77. The van der Waals surface area contributed by atoms with Gasteiger partial charge in [-0.3, -0.25) is 0 Å². The van der Waals surface area contributed by atoms with Gasteiger partial charge in [0, 0.05) is 12.3 Å². The first-order valence-corrected chi connectivity index (χ1v) is 4.95. The Morgan fingerprint density at radius 2 is 2.14 bits per heavy atom. The highest BCUT2D eigenvalue weighted by molar-refractivity contribution is 5.78. The molecule has 1 fully saturated rings. The quantitative estimate of drug-likeness (QED) is 0.697. The highest BCUT2D eigenvalue weighted by Crippen LogP contribution is 2.34. The fourth-order valence-electron chi connectivity index (χ4n) is 1.76. The molecule has 0 aromatic rings. The first kappa shape index (κ1) is 11.5. The molecule has 1 aliphatic heterocycles. The van der Waals surface area contributed by atoms with Crippen LogP contribution in [0, 0.1) is 11.8 Å². The molecule has 1 saturated heterocycles. The number of aliphatic carboxylic acids is 1. The van der Waals surface area contributed by atoms with Crippen molar-refractivity contribution in [3.8, 4) is 0 Å². The first-order valence-electron chi connectivity index (χ1n) is 4.95. The summed E-state index contributed by atoms with van der Waals surface area (Å²) in [6, 6.07) is 0. The molecule has 0 amide bonds. The van der Waals surface area contributed by atoms with Gasteiger partial charge in [0.25, 0.3) is 0 Å². The maximum Gasteiger partial charge on any atom is 0.336 e. The summed E-state index contributed by atoms with van der Waals surface area (Å²) < 4.78 is 5.41. The summed E-state index contributed by atoms with van der Waals surface area (Å²) in [7, 11) is 0. The van der Waals surface area contributed by atoms with Gasteiger partial charge in [-0.05, 0) is 5.92 Å². The Morgan fingerprint density at radius 3 is 2.50 bits per heavy atom. The summed E-state index contributed by atoms with van der Waals surface area (Å²) in [5.41, 5.74) is -1.20. The van der Waals surface area contributed by atoms with Gasteiger partial charge in [0.2, 0.25) is 0 Å². The summed E-state index contributed by atoms with van der Waals surface area (Å²) in [5, 5.41) is 18.8. The Morgan fingerprint density at radius 1 is 1.57 bits per heavy atom. The number of carboxylic acids is 1. The molecule has 0 saturated carbocycles. The van der Waals surface area contributed by atoms with Gasteiger partial charge >= 0.3 is 5.97 Å². The van der Waals surface area contributed by atoms with Crippen molar-refractivity contribution in [1.82, 2.24) is 0 Å². The van der Waals surface area contributed by atoms with E-state index in [0.717, 1.165) is 0 Å². The zero-order chi connectivity index (χ0) is 10.9. The van der Waals surface area contributed by atoms with Crippen LogP contribution < -0.4 is 0 Å². The second-order valence-corrected chi connectivity index (χ2v) is 4.41. The molecule has 0 aromatic carbocycles. The van der Waals surface area contributed by atoms with Crippen molar-refractivity contribution < 1.29 is 19.7 Å². The minimum Gasteiger partial charge on any atom is -0.479 e. The molecule has 4 heteroatoms. The minimum atomic E-state index is -1.20. The van der Waals surface area contributed by atoms with Crippen LogP contribution in [-0.2, 0) is 9.53 Å². The lowest BCUT2D eigenvalue weighted by atomic mass is 9.80. The zero-order valence-corrected chi connectivity index (χ0v) is 8.86. The van der Waals surface area contributed by atoms with E-state index in [9.17, 15) is 9.90 Å². The number of carbonyl (C=O) groups is 1. The molecule has 0 aromatic heterocycles. The van der Waals surface area contributed by atoms with E-state index in [2.05, 4.69) is 0 Å². The molecule has 82 valence electrons. The molecule has 14 heavy (non-hydrogen) atoms. The highest BCUT2D eigenvalue weighted by atomic mass is 16.5. The van der Waals surface area contributed by atoms with E-state index < -0.39 is 17.7 Å². The third-order valence-corrected chi connectivity index (χ3v) is 3.07. The van der Waals surface area contributed by atoms with E-state index in [-0.39, 0.29) is 18.3 Å². The van der Waals surface area contributed by atoms with E-state index in [0.29, 0.717) is 6.61 Å². The molecular weight excluding hydrogens is 184 g/mol. The molecule has 0 radical (unpaired) electrons. The van der Waals surface area contributed by atoms with Crippen molar-refractivity contribution >= 4 is 5.97 Å². The van der Waals surface area contributed by atoms with Gasteiger partial charge in [0.15, 0.2) is 5.60 Å². The number of hydrogen-bond donors (Lipinski definition) is 2. The van der Waals surface area contributed by atoms with Crippen molar-refractivity contribution in [2.45, 2.75) is 38.9 Å². The van der Waals surface area contributed by atoms with Crippen LogP contribution in [0.5, 0.6) is 0 Å². The summed E-state index contributed by atoms with van der Waals surface area (Å²) in [6.07, 6.45) is -0.400. The molecule has 1 rings (SSSR count). The fraction of sp³-hybridized carbons (Fsp3) is 0.900. The largest absolute Gasteiger partial charge is 0.479 e. The van der Waals surface area contributed by atoms with Crippen LogP contribution in [0.1, 0.15) is 27.2 Å². The Balaban J connectivity index is 2.86. The van der Waals surface area contributed by atoms with Crippen molar-refractivity contribution in [2.75, 3.05) is 6.61 Å². The van der Waals surface area contributed by atoms with E-state index in [1.54, 1.807) is 13.8 Å². The van der Waals surface area contributed by atoms with Crippen LogP contribution in [0.15, 0.2) is 0 Å². The molecule has 0 bridgehead atoms. The molecule has 2 N–H and O–H groups in total. The van der Waals surface area contributed by atoms with Gasteiger partial charge in [-0.25, -0.2) is 4.79 Å². The lowest BCUT2D eigenvalue weighted by Gasteiger charge is -2.41. The average Bonchev–Trinajstić information content (AvgIpc) is 2.09. The number of rotatable bonds is 2. The Labute approximate surface area is 83.9 Å². The fourth-order valence-corrected chi connectivity index (χ4v) is 1.76. The zero-order valence-electron chi connectivity index (χ0n) is 8.86. The summed E-state index contributed by atoms with van der Waals surface area (Å²) in [4.78, 5) is 11.1. The summed E-state index contributed by atoms with van der Waals surface area (Å²) in [5.74, 6) is -1.10. The van der Waals surface area contributed by atoms with Crippen LogP contribution >= 0.6 is 0 Å². The molecule has 4 nitrogen and oxygen atoms in total. The number of aliphatic hydroxyl groups excluding tert-OH is 1. The van der Waals surface area contributed by atoms with Crippen LogP contribution in [0.2, 0.25) is 0 Å². The number of carboxylic acid groups (broad SMARTS) is 1. The van der Waals surface area contributed by atoms with Crippen molar-refractivity contribution in [2.24, 2.45) is 11.8 Å². The van der Waals surface area contributed by atoms with Crippen LogP contribution in [0.3, 0.4) is 0 Å². The third-order valence-electron chi connectivity index (χ3n) is 3.07. The highest BCUT2D eigenvalue weighted by Gasteiger charge is 2.48. The van der Waals surface area contributed by atoms with E-state index in [1.807, 2.05) is 6.92 Å². The first-order chi connectivity index (χ1) is 6.40. The average molecular weight is 202 g/mol. The number of ether oxygens (including phenoxy) is 1. The topological polar surface area (TPSA) is 66.8 Å². The van der Waals surface area contributed by atoms with Gasteiger partial charge in [-0.15, -0.1) is 0 Å². The van der Waals surface area contributed by atoms with Crippen molar-refractivity contribution in [3.63, 3.8) is 0 Å². The second kappa shape index (κ2) is 3.87. The van der Waals surface area contributed by atoms with Crippen LogP contribution in [0.4, 0.5) is 0 Å². The van der Waals surface area contributed by atoms with E-state index in [1.165, 1.54) is 0 Å². The molecule has 1 aliphatic rings. The molecule has 0 aliphatic carbocycles. The van der Waals surface area contributed by atoms with E-state index >= 15 is 0 Å². The Bertz CT molecular complexity index is 226. The molecule has 0 unspecified atom stereocenters. The second-order valence-electron chi connectivity index (χ2n) is 4.41. The Kier molecular flexibility index (Phi) is 3.17. The molecule has 0 spiro atoms. The predicted octanol–water partition coefficient (Wildman–Crippen LogP) is 0.883. The predicted molar refractivity (Wildman–Crippen MR) is 50.9 cm³/mol. The van der Waals surface area contributed by atoms with Gasteiger partial charge in [-0.2, -0.15) is 0 Å². The van der Waals surface area contributed by atoms with Crippen LogP contribution in [-0.4, -0.2) is 34.5 Å². The maximum atomic E-state index is 11.1. The molecule has 3 atom stereocenters. The lowest BCUT2D eigenvalue weighted by molar-refractivity contribution is -0.198. The minimum absolute atomic E-state index is 0.0150. The standard InChI is InChI=1S/C10H18O4/c1-6(2)10(9(12)13)4-8(11)7(3)5-14-10/h6-8,11H,4-5H2,1-3H3,(H,12,13)/t7-,8+,10-/m0/s1. The van der Waals surface area contributed by atoms with Gasteiger partial charge in [0.1, 0.15) is 0 Å². The Hall–Kier alpha value is -0.610. The van der Waals surface area contributed by atoms with Crippen LogP contribution in [0.25, 0.3) is 0 Å². The number of hydrogen-bond acceptors (Lipinski definition) is 3. The monoisotopic (exact) mass is 202 g/mol. The lowest BCUT2D eigenvalue weighted by Crippen LogP contribution is -2.54. The van der Waals surface area contributed by atoms with Gasteiger partial charge in [0.05, 0.1) is 12.7 Å². The summed E-state index contributed by atoms with van der Waals surface area (Å²) >= 11 is 0. The molecular formula is C10H18O4. The van der Waals surface area contributed by atoms with E-state index in [4.69, 9.17) is 9.84 Å². The maximum absolute atomic E-state index is 11.1. The summed E-state index contributed by atoms with van der Waals surface area (Å²) in [6.45, 7) is 5.77. The molecule has 1 heterocycles. The smallest absolute Gasteiger partial charge is 0.336 e.